The molecule has 0 N–H and O–H groups in total. The van der Waals surface area contributed by atoms with Crippen molar-refractivity contribution in [3.8, 4) is 0 Å². The van der Waals surface area contributed by atoms with Gasteiger partial charge in [0.15, 0.2) is 9.84 Å². The van der Waals surface area contributed by atoms with Crippen molar-refractivity contribution in [3.05, 3.63) is 69.5 Å². The van der Waals surface area contributed by atoms with Gasteiger partial charge in [0, 0.05) is 17.5 Å². The minimum absolute atomic E-state index is 0.0146. The maximum Gasteiger partial charge on any atom is 0.269 e. The summed E-state index contributed by atoms with van der Waals surface area (Å²) in [7, 11) is -3.89. The Balaban J connectivity index is 2.42. The van der Waals surface area contributed by atoms with Crippen LogP contribution >= 0.6 is 0 Å². The summed E-state index contributed by atoms with van der Waals surface area (Å²) in [5.41, 5.74) is -0.470. The number of carbonyl (C=O) groups excluding carboxylic acids is 1. The number of benzene rings is 2. The number of carbonyl (C=O) groups is 1. The van der Waals surface area contributed by atoms with Crippen molar-refractivity contribution < 1.29 is 22.5 Å². The molecule has 0 aromatic heterocycles. The van der Waals surface area contributed by atoms with Gasteiger partial charge < -0.3 is 4.79 Å². The second-order valence-electron chi connectivity index (χ2n) is 7.49. The van der Waals surface area contributed by atoms with Crippen molar-refractivity contribution in [1.29, 1.82) is 0 Å². The highest BCUT2D eigenvalue weighted by atomic mass is 32.2. The molecule has 0 amide bonds. The van der Waals surface area contributed by atoms with Crippen molar-refractivity contribution in [2.45, 2.75) is 44.4 Å². The number of nitro benzene ring substituents is 1. The third-order valence-corrected chi connectivity index (χ3v) is 6.89. The van der Waals surface area contributed by atoms with Crippen LogP contribution < -0.4 is 0 Å². The fourth-order valence-corrected chi connectivity index (χ4v) is 5.29. The van der Waals surface area contributed by atoms with Gasteiger partial charge in [0.05, 0.1) is 15.6 Å². The summed E-state index contributed by atoms with van der Waals surface area (Å²) >= 11 is 0. The molecule has 0 spiro atoms. The Hall–Kier alpha value is -2.61. The second kappa shape index (κ2) is 9.26. The molecule has 8 heteroatoms. The van der Waals surface area contributed by atoms with Gasteiger partial charge in [-0.15, -0.1) is 0 Å². The smallest absolute Gasteiger partial charge is 0.269 e. The average Bonchev–Trinajstić information content (AvgIpc) is 2.66. The Labute approximate surface area is 169 Å². The molecule has 0 fully saturated rings. The fourth-order valence-electron chi connectivity index (χ4n) is 3.25. The summed E-state index contributed by atoms with van der Waals surface area (Å²) in [5.74, 6) is -0.981. The Morgan fingerprint density at radius 2 is 1.93 bits per heavy atom. The van der Waals surface area contributed by atoms with Gasteiger partial charge in [0.1, 0.15) is 12.1 Å². The van der Waals surface area contributed by atoms with Crippen LogP contribution in [0.2, 0.25) is 0 Å². The van der Waals surface area contributed by atoms with E-state index in [1.165, 1.54) is 24.3 Å². The minimum atomic E-state index is -3.89. The van der Waals surface area contributed by atoms with E-state index in [0.29, 0.717) is 24.7 Å². The molecule has 0 saturated carbocycles. The zero-order chi connectivity index (χ0) is 21.7. The highest BCUT2D eigenvalue weighted by Gasteiger charge is 2.32. The lowest BCUT2D eigenvalue weighted by molar-refractivity contribution is -0.384. The molecule has 2 aromatic rings. The van der Waals surface area contributed by atoms with Gasteiger partial charge in [-0.1, -0.05) is 38.8 Å². The molecular weight excluding hydrogens is 397 g/mol. The third kappa shape index (κ3) is 5.93. The lowest BCUT2D eigenvalue weighted by Gasteiger charge is -2.23. The van der Waals surface area contributed by atoms with Crippen molar-refractivity contribution in [1.82, 2.24) is 0 Å². The highest BCUT2D eigenvalue weighted by molar-refractivity contribution is 7.91. The van der Waals surface area contributed by atoms with Crippen LogP contribution in [0.3, 0.4) is 0 Å². The lowest BCUT2D eigenvalue weighted by Crippen LogP contribution is -2.29. The first-order valence-corrected chi connectivity index (χ1v) is 11.0. The predicted octanol–water partition coefficient (Wildman–Crippen LogP) is 4.49. The fraction of sp³-hybridized carbons (Fsp3) is 0.381. The molecule has 0 radical (unpaired) electrons. The number of halogens is 1. The zero-order valence-corrected chi connectivity index (χ0v) is 17.2. The summed E-state index contributed by atoms with van der Waals surface area (Å²) in [5, 5.41) is 11.0. The first-order chi connectivity index (χ1) is 13.6. The van der Waals surface area contributed by atoms with Crippen LogP contribution in [0.15, 0.2) is 47.4 Å². The van der Waals surface area contributed by atoms with Gasteiger partial charge in [-0.3, -0.25) is 10.1 Å². The van der Waals surface area contributed by atoms with Crippen LogP contribution in [0.25, 0.3) is 0 Å². The third-order valence-electron chi connectivity index (χ3n) is 4.78. The van der Waals surface area contributed by atoms with Crippen molar-refractivity contribution in [2.24, 2.45) is 5.41 Å². The first kappa shape index (κ1) is 22.7. The molecule has 0 aliphatic rings. The Kier molecular flexibility index (Phi) is 7.24. The second-order valence-corrected chi connectivity index (χ2v) is 9.45. The monoisotopic (exact) mass is 421 g/mol. The SMILES string of the molecule is CCCC[C@](C)(C=O)CS(=O)(=O)c1ccc(F)cc1Cc1cccc([N+](=O)[O-])c1. The topological polar surface area (TPSA) is 94.3 Å². The number of rotatable bonds is 10. The van der Waals surface area contributed by atoms with Crippen LogP contribution in [0.1, 0.15) is 44.2 Å². The van der Waals surface area contributed by atoms with Crippen LogP contribution in [0.5, 0.6) is 0 Å². The molecule has 0 aliphatic carbocycles. The molecule has 0 bridgehead atoms. The van der Waals surface area contributed by atoms with E-state index in [9.17, 15) is 27.7 Å². The van der Waals surface area contributed by atoms with E-state index >= 15 is 0 Å². The van der Waals surface area contributed by atoms with E-state index in [1.807, 2.05) is 6.92 Å². The number of sulfone groups is 1. The molecule has 29 heavy (non-hydrogen) atoms. The van der Waals surface area contributed by atoms with Crippen molar-refractivity contribution in [3.63, 3.8) is 0 Å². The van der Waals surface area contributed by atoms with Crippen LogP contribution in [0, 0.1) is 21.3 Å². The molecule has 156 valence electrons. The number of hydrogen-bond acceptors (Lipinski definition) is 5. The minimum Gasteiger partial charge on any atom is -0.303 e. The van der Waals surface area contributed by atoms with Gasteiger partial charge in [-0.05, 0) is 42.2 Å². The molecule has 2 aromatic carbocycles. The molecule has 6 nitrogen and oxygen atoms in total. The van der Waals surface area contributed by atoms with Crippen molar-refractivity contribution in [2.75, 3.05) is 5.75 Å². The predicted molar refractivity (Wildman–Crippen MR) is 108 cm³/mol. The van der Waals surface area contributed by atoms with E-state index < -0.39 is 26.0 Å². The number of unbranched alkanes of at least 4 members (excludes halogenated alkanes) is 1. The number of nitrogens with zero attached hydrogens (tertiary/aromatic N) is 1. The number of nitro groups is 1. The highest BCUT2D eigenvalue weighted by Crippen LogP contribution is 2.30. The number of non-ortho nitro benzene ring substituents is 1. The van der Waals surface area contributed by atoms with Crippen molar-refractivity contribution >= 4 is 21.8 Å². The van der Waals surface area contributed by atoms with E-state index in [-0.39, 0.29) is 28.3 Å². The van der Waals surface area contributed by atoms with E-state index in [0.717, 1.165) is 18.6 Å². The quantitative estimate of drug-likeness (QED) is 0.244. The Morgan fingerprint density at radius 3 is 2.55 bits per heavy atom. The molecular formula is C21H24FNO5S. The molecule has 0 heterocycles. The maximum absolute atomic E-state index is 13.9. The Morgan fingerprint density at radius 1 is 1.21 bits per heavy atom. The summed E-state index contributed by atoms with van der Waals surface area (Å²) in [6.45, 7) is 3.56. The van der Waals surface area contributed by atoms with E-state index in [2.05, 4.69) is 0 Å². The zero-order valence-electron chi connectivity index (χ0n) is 16.4. The summed E-state index contributed by atoms with van der Waals surface area (Å²) in [6.07, 6.45) is 2.67. The van der Waals surface area contributed by atoms with Gasteiger partial charge in [-0.25, -0.2) is 12.8 Å². The van der Waals surface area contributed by atoms with Gasteiger partial charge in [-0.2, -0.15) is 0 Å². The summed E-state index contributed by atoms with van der Waals surface area (Å²) in [4.78, 5) is 22.0. The molecule has 0 aliphatic heterocycles. The normalized spacial score (nSPS) is 13.6. The van der Waals surface area contributed by atoms with Crippen LogP contribution in [-0.4, -0.2) is 25.4 Å². The largest absolute Gasteiger partial charge is 0.303 e. The maximum atomic E-state index is 13.9. The molecule has 1 atom stereocenters. The van der Waals surface area contributed by atoms with Crippen LogP contribution in [0.4, 0.5) is 10.1 Å². The first-order valence-electron chi connectivity index (χ1n) is 9.31. The van der Waals surface area contributed by atoms with Gasteiger partial charge in [0.25, 0.3) is 5.69 Å². The summed E-state index contributed by atoms with van der Waals surface area (Å²) < 4.78 is 40.0. The van der Waals surface area contributed by atoms with Gasteiger partial charge >= 0.3 is 0 Å². The molecule has 0 saturated heterocycles. The number of hydrogen-bond donors (Lipinski definition) is 0. The summed E-state index contributed by atoms with van der Waals surface area (Å²) in [6, 6.07) is 9.15. The van der Waals surface area contributed by atoms with Gasteiger partial charge in [0.2, 0.25) is 0 Å². The van der Waals surface area contributed by atoms with E-state index in [4.69, 9.17) is 0 Å². The number of aldehydes is 1. The lowest BCUT2D eigenvalue weighted by atomic mass is 9.89. The molecule has 2 rings (SSSR count). The molecule has 0 unspecified atom stereocenters. The standard InChI is InChI=1S/C21H24FNO5S/c1-3-4-10-21(2,14-24)15-29(27,28)20-9-8-18(22)13-17(20)11-16-6-5-7-19(12-16)23(25)26/h5-9,12-14H,3-4,10-11,15H2,1-2H3/t21-/m1/s1. The van der Waals surface area contributed by atoms with Crippen LogP contribution in [-0.2, 0) is 21.1 Å². The van der Waals surface area contributed by atoms with E-state index in [1.54, 1.807) is 13.0 Å². The average molecular weight is 421 g/mol. The Bertz CT molecular complexity index is 1010.